The van der Waals surface area contributed by atoms with Crippen molar-refractivity contribution in [3.05, 3.63) is 35.3 Å². The molecule has 0 radical (unpaired) electrons. The number of H-pyrrole nitrogens is 1. The second kappa shape index (κ2) is 5.45. The largest absolute Gasteiger partial charge is 0.496 e. The van der Waals surface area contributed by atoms with Gasteiger partial charge in [0.2, 0.25) is 0 Å². The van der Waals surface area contributed by atoms with Gasteiger partial charge in [-0.3, -0.25) is 0 Å². The van der Waals surface area contributed by atoms with Crippen LogP contribution in [0.1, 0.15) is 24.0 Å². The van der Waals surface area contributed by atoms with E-state index in [0.717, 1.165) is 34.9 Å². The third kappa shape index (κ3) is 2.96. The molecule has 0 bridgehead atoms. The number of imidazole rings is 1. The van der Waals surface area contributed by atoms with Crippen LogP contribution in [0.2, 0.25) is 0 Å². The molecule has 0 aliphatic carbocycles. The minimum Gasteiger partial charge on any atom is -0.496 e. The molecule has 0 spiro atoms. The van der Waals surface area contributed by atoms with Gasteiger partial charge in [0.05, 0.1) is 12.8 Å². The molecule has 0 amide bonds. The number of benzene rings is 1. The summed E-state index contributed by atoms with van der Waals surface area (Å²) < 4.78 is 5.42. The third-order valence-corrected chi connectivity index (χ3v) is 3.06. The summed E-state index contributed by atoms with van der Waals surface area (Å²) in [6, 6.07) is 6.20. The van der Waals surface area contributed by atoms with Crippen LogP contribution in [0.3, 0.4) is 0 Å². The first-order chi connectivity index (χ1) is 9.01. The topological polar surface area (TPSA) is 63.9 Å². The Balaban J connectivity index is 2.46. The molecule has 0 aliphatic heterocycles. The average molecular weight is 259 g/mol. The van der Waals surface area contributed by atoms with Crippen LogP contribution < -0.4 is 10.5 Å². The number of hydrogen-bond donors (Lipinski definition) is 2. The standard InChI is InChI=1S/C15H21N3O/c1-9-5-6-13(19-4)12(7-9)15-11(3)17-14(18-15)8-10(2)16/h5-7,10H,8,16H2,1-4H3,(H,17,18). The first-order valence-corrected chi connectivity index (χ1v) is 6.47. The second-order valence-corrected chi connectivity index (χ2v) is 5.04. The summed E-state index contributed by atoms with van der Waals surface area (Å²) in [6.45, 7) is 6.06. The molecule has 102 valence electrons. The van der Waals surface area contributed by atoms with E-state index in [0.29, 0.717) is 0 Å². The third-order valence-electron chi connectivity index (χ3n) is 3.06. The molecule has 0 fully saturated rings. The highest BCUT2D eigenvalue weighted by molar-refractivity contribution is 5.70. The molecule has 1 unspecified atom stereocenters. The van der Waals surface area contributed by atoms with Crippen molar-refractivity contribution in [1.29, 1.82) is 0 Å². The molecule has 2 rings (SSSR count). The van der Waals surface area contributed by atoms with Gasteiger partial charge in [-0.1, -0.05) is 11.6 Å². The Bertz CT molecular complexity index is 573. The van der Waals surface area contributed by atoms with Crippen LogP contribution in [-0.2, 0) is 6.42 Å². The molecule has 0 saturated carbocycles. The molecule has 1 aromatic heterocycles. The summed E-state index contributed by atoms with van der Waals surface area (Å²) in [6.07, 6.45) is 0.745. The molecule has 0 aliphatic rings. The number of nitrogens with one attached hydrogen (secondary N) is 1. The number of ether oxygens (including phenoxy) is 1. The van der Waals surface area contributed by atoms with E-state index >= 15 is 0 Å². The van der Waals surface area contributed by atoms with E-state index in [1.54, 1.807) is 7.11 Å². The zero-order chi connectivity index (χ0) is 14.0. The van der Waals surface area contributed by atoms with Crippen molar-refractivity contribution in [2.75, 3.05) is 7.11 Å². The van der Waals surface area contributed by atoms with Crippen molar-refractivity contribution in [3.8, 4) is 17.0 Å². The van der Waals surface area contributed by atoms with E-state index < -0.39 is 0 Å². The summed E-state index contributed by atoms with van der Waals surface area (Å²) in [7, 11) is 1.68. The Morgan fingerprint density at radius 2 is 2.11 bits per heavy atom. The first kappa shape index (κ1) is 13.6. The van der Waals surface area contributed by atoms with Gasteiger partial charge in [0.25, 0.3) is 0 Å². The van der Waals surface area contributed by atoms with Crippen LogP contribution in [0.15, 0.2) is 18.2 Å². The van der Waals surface area contributed by atoms with E-state index in [1.807, 2.05) is 26.0 Å². The maximum Gasteiger partial charge on any atom is 0.128 e. The first-order valence-electron chi connectivity index (χ1n) is 6.47. The van der Waals surface area contributed by atoms with Crippen LogP contribution >= 0.6 is 0 Å². The van der Waals surface area contributed by atoms with Crippen LogP contribution in [-0.4, -0.2) is 23.1 Å². The van der Waals surface area contributed by atoms with Crippen molar-refractivity contribution >= 4 is 0 Å². The fourth-order valence-corrected chi connectivity index (χ4v) is 2.19. The number of nitrogens with zero attached hydrogens (tertiary/aromatic N) is 1. The Morgan fingerprint density at radius 3 is 2.74 bits per heavy atom. The van der Waals surface area contributed by atoms with Crippen molar-refractivity contribution in [2.45, 2.75) is 33.2 Å². The van der Waals surface area contributed by atoms with Gasteiger partial charge in [-0.25, -0.2) is 4.98 Å². The normalized spacial score (nSPS) is 12.5. The summed E-state index contributed by atoms with van der Waals surface area (Å²) in [5.41, 5.74) is 10.0. The molecule has 19 heavy (non-hydrogen) atoms. The van der Waals surface area contributed by atoms with Gasteiger partial charge in [-0.05, 0) is 32.9 Å². The number of rotatable bonds is 4. The minimum atomic E-state index is 0.0952. The highest BCUT2D eigenvalue weighted by Gasteiger charge is 2.14. The summed E-state index contributed by atoms with van der Waals surface area (Å²) >= 11 is 0. The smallest absolute Gasteiger partial charge is 0.128 e. The molecule has 4 nitrogen and oxygen atoms in total. The molecule has 3 N–H and O–H groups in total. The fraction of sp³-hybridized carbons (Fsp3) is 0.400. The lowest BCUT2D eigenvalue weighted by atomic mass is 10.1. The highest BCUT2D eigenvalue weighted by atomic mass is 16.5. The quantitative estimate of drug-likeness (QED) is 0.887. The van der Waals surface area contributed by atoms with Gasteiger partial charge in [0.1, 0.15) is 11.6 Å². The SMILES string of the molecule is COc1ccc(C)cc1-c1nc(CC(C)N)[nH]c1C. The van der Waals surface area contributed by atoms with Crippen molar-refractivity contribution in [2.24, 2.45) is 5.73 Å². The molecule has 0 saturated heterocycles. The fourth-order valence-electron chi connectivity index (χ4n) is 2.19. The number of hydrogen-bond acceptors (Lipinski definition) is 3. The lowest BCUT2D eigenvalue weighted by Gasteiger charge is -2.08. The van der Waals surface area contributed by atoms with Crippen LogP contribution in [0.4, 0.5) is 0 Å². The van der Waals surface area contributed by atoms with Crippen LogP contribution in [0.5, 0.6) is 5.75 Å². The molecule has 1 heterocycles. The predicted molar refractivity (Wildman–Crippen MR) is 77.4 cm³/mol. The zero-order valence-electron chi connectivity index (χ0n) is 11.9. The van der Waals surface area contributed by atoms with Crippen LogP contribution in [0.25, 0.3) is 11.3 Å². The van der Waals surface area contributed by atoms with E-state index in [9.17, 15) is 0 Å². The number of aromatic nitrogens is 2. The molecular weight excluding hydrogens is 238 g/mol. The summed E-state index contributed by atoms with van der Waals surface area (Å²) in [5, 5.41) is 0. The Morgan fingerprint density at radius 1 is 1.37 bits per heavy atom. The van der Waals surface area contributed by atoms with Gasteiger partial charge in [-0.2, -0.15) is 0 Å². The minimum absolute atomic E-state index is 0.0952. The van der Waals surface area contributed by atoms with Crippen molar-refractivity contribution in [3.63, 3.8) is 0 Å². The van der Waals surface area contributed by atoms with Gasteiger partial charge in [-0.15, -0.1) is 0 Å². The van der Waals surface area contributed by atoms with Crippen molar-refractivity contribution in [1.82, 2.24) is 9.97 Å². The van der Waals surface area contributed by atoms with Gasteiger partial charge in [0, 0.05) is 23.7 Å². The lowest BCUT2D eigenvalue weighted by Crippen LogP contribution is -2.18. The highest BCUT2D eigenvalue weighted by Crippen LogP contribution is 2.31. The average Bonchev–Trinajstić information content (AvgIpc) is 2.69. The molecule has 1 aromatic carbocycles. The number of aryl methyl sites for hydroxylation is 2. The Hall–Kier alpha value is -1.81. The van der Waals surface area contributed by atoms with Gasteiger partial charge in [0.15, 0.2) is 0 Å². The summed E-state index contributed by atoms with van der Waals surface area (Å²) in [4.78, 5) is 7.95. The van der Waals surface area contributed by atoms with Gasteiger partial charge >= 0.3 is 0 Å². The molecule has 2 aromatic rings. The zero-order valence-corrected chi connectivity index (χ0v) is 11.9. The number of nitrogens with two attached hydrogens (primary N) is 1. The van der Waals surface area contributed by atoms with Crippen molar-refractivity contribution < 1.29 is 4.74 Å². The maximum absolute atomic E-state index is 5.82. The van der Waals surface area contributed by atoms with E-state index in [4.69, 9.17) is 10.5 Å². The molecule has 1 atom stereocenters. The maximum atomic E-state index is 5.82. The monoisotopic (exact) mass is 259 g/mol. The number of methoxy groups -OCH3 is 1. The second-order valence-electron chi connectivity index (χ2n) is 5.04. The van der Waals surface area contributed by atoms with Gasteiger partial charge < -0.3 is 15.5 Å². The Labute approximate surface area is 114 Å². The number of aromatic amines is 1. The van der Waals surface area contributed by atoms with E-state index in [2.05, 4.69) is 23.0 Å². The lowest BCUT2D eigenvalue weighted by molar-refractivity contribution is 0.416. The Kier molecular flexibility index (Phi) is 3.90. The predicted octanol–water partition coefficient (Wildman–Crippen LogP) is 2.59. The molecular formula is C15H21N3O. The van der Waals surface area contributed by atoms with E-state index in [1.165, 1.54) is 5.56 Å². The summed E-state index contributed by atoms with van der Waals surface area (Å²) in [5.74, 6) is 1.76. The van der Waals surface area contributed by atoms with Crippen LogP contribution in [0, 0.1) is 13.8 Å². The molecule has 4 heteroatoms. The van der Waals surface area contributed by atoms with E-state index in [-0.39, 0.29) is 6.04 Å².